The first kappa shape index (κ1) is 16.0. The number of hydrogen-bond acceptors (Lipinski definition) is 5. The van der Waals surface area contributed by atoms with Crippen LogP contribution in [0.3, 0.4) is 0 Å². The third-order valence-corrected chi connectivity index (χ3v) is 6.07. The minimum absolute atomic E-state index is 0.0486. The van der Waals surface area contributed by atoms with Crippen LogP contribution in [-0.2, 0) is 14.4 Å². The molecule has 1 aromatic carbocycles. The van der Waals surface area contributed by atoms with Crippen LogP contribution in [-0.4, -0.2) is 36.7 Å². The molecule has 2 atom stereocenters. The van der Waals surface area contributed by atoms with E-state index in [1.165, 1.54) is 10.5 Å². The van der Waals surface area contributed by atoms with Crippen molar-refractivity contribution < 1.29 is 14.4 Å². The number of thioether (sulfide) groups is 1. The highest BCUT2D eigenvalue weighted by atomic mass is 32.2. The van der Waals surface area contributed by atoms with Crippen LogP contribution in [0.25, 0.3) is 0 Å². The van der Waals surface area contributed by atoms with Gasteiger partial charge in [-0.25, -0.2) is 0 Å². The Hall–Kier alpha value is -1.53. The van der Waals surface area contributed by atoms with E-state index in [2.05, 4.69) is 22.6 Å². The van der Waals surface area contributed by atoms with E-state index in [9.17, 15) is 4.79 Å². The standard InChI is InChI=1S/C18H22N2O3S/c21-18(16-11-15(20-23-16)12-5-8-22-9-6-12)19-14-7-10-24-17-4-2-1-3-13(14)17/h1-4,12,14,16H,5-11H2,(H,19,21). The molecule has 4 rings (SSSR count). The topological polar surface area (TPSA) is 59.9 Å². The molecular formula is C18H22N2O3S. The molecule has 1 aromatic rings. The van der Waals surface area contributed by atoms with Gasteiger partial charge in [0.2, 0.25) is 6.10 Å². The highest BCUT2D eigenvalue weighted by molar-refractivity contribution is 7.99. The minimum atomic E-state index is -0.482. The van der Waals surface area contributed by atoms with Gasteiger partial charge in [0, 0.05) is 36.2 Å². The van der Waals surface area contributed by atoms with Gasteiger partial charge in [-0.1, -0.05) is 23.4 Å². The van der Waals surface area contributed by atoms with Crippen LogP contribution in [0, 0.1) is 5.92 Å². The zero-order valence-corrected chi connectivity index (χ0v) is 14.4. The van der Waals surface area contributed by atoms with Gasteiger partial charge in [-0.05, 0) is 30.9 Å². The Morgan fingerprint density at radius 1 is 1.21 bits per heavy atom. The van der Waals surface area contributed by atoms with Crippen molar-refractivity contribution in [3.05, 3.63) is 29.8 Å². The lowest BCUT2D eigenvalue weighted by Gasteiger charge is -2.26. The molecule has 0 aliphatic carbocycles. The number of hydrogen-bond donors (Lipinski definition) is 1. The van der Waals surface area contributed by atoms with Crippen molar-refractivity contribution in [2.24, 2.45) is 11.1 Å². The summed E-state index contributed by atoms with van der Waals surface area (Å²) in [7, 11) is 0. The number of nitrogens with zero attached hydrogens (tertiary/aromatic N) is 1. The van der Waals surface area contributed by atoms with Gasteiger partial charge in [0.25, 0.3) is 5.91 Å². The van der Waals surface area contributed by atoms with Crippen LogP contribution >= 0.6 is 11.8 Å². The van der Waals surface area contributed by atoms with Crippen LogP contribution in [0.1, 0.15) is 37.3 Å². The van der Waals surface area contributed by atoms with Gasteiger partial charge >= 0.3 is 0 Å². The number of rotatable bonds is 3. The van der Waals surface area contributed by atoms with E-state index in [0.29, 0.717) is 12.3 Å². The molecular weight excluding hydrogens is 324 g/mol. The van der Waals surface area contributed by atoms with Gasteiger partial charge in [0.05, 0.1) is 11.8 Å². The molecule has 6 heteroatoms. The van der Waals surface area contributed by atoms with Crippen molar-refractivity contribution in [2.75, 3.05) is 19.0 Å². The fraction of sp³-hybridized carbons (Fsp3) is 0.556. The van der Waals surface area contributed by atoms with E-state index in [1.54, 1.807) is 0 Å². The Labute approximate surface area is 146 Å². The van der Waals surface area contributed by atoms with E-state index < -0.39 is 6.10 Å². The Balaban J connectivity index is 1.36. The average molecular weight is 346 g/mol. The summed E-state index contributed by atoms with van der Waals surface area (Å²) in [5, 5.41) is 7.36. The van der Waals surface area contributed by atoms with Gasteiger partial charge in [-0.15, -0.1) is 11.8 Å². The third kappa shape index (κ3) is 3.30. The third-order valence-electron chi connectivity index (χ3n) is 4.95. The predicted molar refractivity (Wildman–Crippen MR) is 93.1 cm³/mol. The monoisotopic (exact) mass is 346 g/mol. The number of benzene rings is 1. The van der Waals surface area contributed by atoms with Crippen LogP contribution in [0.4, 0.5) is 0 Å². The number of oxime groups is 1. The molecule has 2 unspecified atom stereocenters. The minimum Gasteiger partial charge on any atom is -0.382 e. The summed E-state index contributed by atoms with van der Waals surface area (Å²) in [6.07, 6.45) is 3.03. The van der Waals surface area contributed by atoms with Crippen molar-refractivity contribution in [1.29, 1.82) is 0 Å². The summed E-state index contributed by atoms with van der Waals surface area (Å²) in [6, 6.07) is 8.38. The van der Waals surface area contributed by atoms with E-state index >= 15 is 0 Å². The maximum Gasteiger partial charge on any atom is 0.264 e. The summed E-state index contributed by atoms with van der Waals surface area (Å²) in [6.45, 7) is 1.55. The molecule has 1 fully saturated rings. The van der Waals surface area contributed by atoms with Crippen LogP contribution in [0.5, 0.6) is 0 Å². The summed E-state index contributed by atoms with van der Waals surface area (Å²) in [5.74, 6) is 1.38. The number of carbonyl (C=O) groups excluding carboxylic acids is 1. The highest BCUT2D eigenvalue weighted by Crippen LogP contribution is 2.36. The van der Waals surface area contributed by atoms with Gasteiger partial charge in [0.1, 0.15) is 0 Å². The first-order valence-electron chi connectivity index (χ1n) is 8.63. The molecule has 3 heterocycles. The molecule has 0 aromatic heterocycles. The van der Waals surface area contributed by atoms with Crippen molar-refractivity contribution in [3.8, 4) is 0 Å². The summed E-state index contributed by atoms with van der Waals surface area (Å²) < 4.78 is 5.39. The molecule has 0 bridgehead atoms. The molecule has 0 radical (unpaired) electrons. The summed E-state index contributed by atoms with van der Waals surface area (Å²) in [4.78, 5) is 19.3. The van der Waals surface area contributed by atoms with Crippen LogP contribution < -0.4 is 5.32 Å². The number of ether oxygens (including phenoxy) is 1. The van der Waals surface area contributed by atoms with E-state index in [0.717, 1.165) is 43.9 Å². The van der Waals surface area contributed by atoms with Crippen LogP contribution in [0.15, 0.2) is 34.3 Å². The maximum absolute atomic E-state index is 12.6. The molecule has 0 saturated carbocycles. The lowest BCUT2D eigenvalue weighted by Crippen LogP contribution is -2.38. The van der Waals surface area contributed by atoms with E-state index in [-0.39, 0.29) is 11.9 Å². The molecule has 24 heavy (non-hydrogen) atoms. The van der Waals surface area contributed by atoms with Gasteiger partial charge in [-0.3, -0.25) is 4.79 Å². The van der Waals surface area contributed by atoms with Gasteiger partial charge < -0.3 is 14.9 Å². The SMILES string of the molecule is O=C(NC1CCSc2ccccc21)C1CC(C2CCOCC2)=NO1. The number of nitrogens with one attached hydrogen (secondary N) is 1. The largest absolute Gasteiger partial charge is 0.382 e. The molecule has 3 aliphatic rings. The smallest absolute Gasteiger partial charge is 0.264 e. The fourth-order valence-corrected chi connectivity index (χ4v) is 4.69. The second kappa shape index (κ2) is 7.15. The molecule has 0 spiro atoms. The highest BCUT2D eigenvalue weighted by Gasteiger charge is 2.34. The quantitative estimate of drug-likeness (QED) is 0.914. The summed E-state index contributed by atoms with van der Waals surface area (Å²) >= 11 is 1.85. The predicted octanol–water partition coefficient (Wildman–Crippen LogP) is 2.91. The lowest BCUT2D eigenvalue weighted by molar-refractivity contribution is -0.132. The number of carbonyl (C=O) groups is 1. The first-order valence-corrected chi connectivity index (χ1v) is 9.62. The average Bonchev–Trinajstić information content (AvgIpc) is 3.13. The zero-order chi connectivity index (χ0) is 16.4. The van der Waals surface area contributed by atoms with E-state index in [4.69, 9.17) is 9.57 Å². The second-order valence-corrected chi connectivity index (χ2v) is 7.64. The van der Waals surface area contributed by atoms with E-state index in [1.807, 2.05) is 23.9 Å². The molecule has 128 valence electrons. The maximum atomic E-state index is 12.6. The Morgan fingerprint density at radius 3 is 2.92 bits per heavy atom. The molecule has 3 aliphatic heterocycles. The van der Waals surface area contributed by atoms with Crippen molar-refractivity contribution in [1.82, 2.24) is 5.32 Å². The van der Waals surface area contributed by atoms with Gasteiger partial charge in [-0.2, -0.15) is 0 Å². The lowest BCUT2D eigenvalue weighted by atomic mass is 9.91. The Morgan fingerprint density at radius 2 is 2.04 bits per heavy atom. The van der Waals surface area contributed by atoms with Crippen molar-refractivity contribution in [3.63, 3.8) is 0 Å². The summed E-state index contributed by atoms with van der Waals surface area (Å²) in [5.41, 5.74) is 2.24. The second-order valence-electron chi connectivity index (χ2n) is 6.50. The zero-order valence-electron chi connectivity index (χ0n) is 13.6. The molecule has 1 amide bonds. The Bertz CT molecular complexity index is 643. The van der Waals surface area contributed by atoms with Crippen LogP contribution in [0.2, 0.25) is 0 Å². The fourth-order valence-electron chi connectivity index (χ4n) is 3.57. The Kier molecular flexibility index (Phi) is 4.76. The van der Waals surface area contributed by atoms with Crippen molar-refractivity contribution >= 4 is 23.4 Å². The normalized spacial score (nSPS) is 27.1. The molecule has 5 nitrogen and oxygen atoms in total. The van der Waals surface area contributed by atoms with Crippen molar-refractivity contribution in [2.45, 2.75) is 42.7 Å². The number of amides is 1. The molecule has 1 saturated heterocycles. The van der Waals surface area contributed by atoms with Gasteiger partial charge in [0.15, 0.2) is 0 Å². The molecule has 1 N–H and O–H groups in total. The number of fused-ring (bicyclic) bond motifs is 1. The first-order chi connectivity index (χ1) is 11.8.